The van der Waals surface area contributed by atoms with Gasteiger partial charge in [0.05, 0.1) is 29.9 Å². The molecule has 0 unspecified atom stereocenters. The Morgan fingerprint density at radius 2 is 1.76 bits per heavy atom. The van der Waals surface area contributed by atoms with Crippen LogP contribution >= 0.6 is 19.4 Å². The fraction of sp³-hybridized carbons (Fsp3) is 0.417. The van der Waals surface area contributed by atoms with E-state index in [1.165, 1.54) is 11.8 Å². The lowest BCUT2D eigenvalue weighted by Gasteiger charge is -2.17. The number of carbonyl (C=O) groups excluding carboxylic acids is 2. The average molecular weight is 504 g/mol. The molecule has 0 aliphatic carbocycles. The van der Waals surface area contributed by atoms with Crippen molar-refractivity contribution < 1.29 is 32.7 Å². The van der Waals surface area contributed by atoms with Gasteiger partial charge in [-0.3, -0.25) is 14.2 Å². The first-order valence-corrected chi connectivity index (χ1v) is 14.0. The van der Waals surface area contributed by atoms with Gasteiger partial charge in [-0.1, -0.05) is 12.1 Å². The van der Waals surface area contributed by atoms with Crippen molar-refractivity contribution in [1.29, 1.82) is 0 Å². The Morgan fingerprint density at radius 3 is 2.47 bits per heavy atom. The molecule has 2 atom stereocenters. The van der Waals surface area contributed by atoms with Crippen molar-refractivity contribution in [2.24, 2.45) is 0 Å². The highest BCUT2D eigenvalue weighted by Gasteiger charge is 2.34. The molecule has 2 aromatic rings. The minimum Gasteiger partial charge on any atom is -0.454 e. The second-order valence-electron chi connectivity index (χ2n) is 8.53. The van der Waals surface area contributed by atoms with Gasteiger partial charge in [0.1, 0.15) is 0 Å². The van der Waals surface area contributed by atoms with E-state index in [1.54, 1.807) is 18.2 Å². The van der Waals surface area contributed by atoms with Crippen LogP contribution in [-0.2, 0) is 31.0 Å². The topological polar surface area (TPSA) is 100 Å². The van der Waals surface area contributed by atoms with Gasteiger partial charge in [0.15, 0.2) is 17.3 Å². The molecule has 0 radical (unpaired) electrons. The number of ketones is 1. The van der Waals surface area contributed by atoms with Crippen LogP contribution in [0.2, 0.25) is 0 Å². The summed E-state index contributed by atoms with van der Waals surface area (Å²) in [6, 6.07) is 10.7. The first-order valence-electron chi connectivity index (χ1n) is 11.3. The Labute approximate surface area is 202 Å². The minimum absolute atomic E-state index is 0.0178. The first kappa shape index (κ1) is 23.4. The second-order valence-corrected chi connectivity index (χ2v) is 12.1. The lowest BCUT2D eigenvalue weighted by atomic mass is 9.97. The van der Waals surface area contributed by atoms with Crippen molar-refractivity contribution in [3.05, 3.63) is 53.1 Å². The molecule has 0 saturated carbocycles. The zero-order chi connectivity index (χ0) is 23.7. The number of hydrogen-bond donors (Lipinski definition) is 1. The summed E-state index contributed by atoms with van der Waals surface area (Å²) in [4.78, 5) is 26.0. The maximum atomic E-state index is 13.1. The number of fused-ring (bicyclic) bond motifs is 2. The summed E-state index contributed by atoms with van der Waals surface area (Å²) in [5.74, 6) is 0.970. The van der Waals surface area contributed by atoms with Gasteiger partial charge in [-0.15, -0.1) is 11.8 Å². The Balaban J connectivity index is 1.27. The quantitative estimate of drug-likeness (QED) is 0.594. The number of thioether (sulfide) groups is 1. The SMILES string of the molecule is C[C@@H]1S[C@@H](C(=O)Nc2ccc(CP3(=O)OCCCCO3)cc2)Cc2cc3c(cc2C1=O)OCO3. The second kappa shape index (κ2) is 9.74. The molecule has 3 heterocycles. The van der Waals surface area contributed by atoms with Crippen LogP contribution in [0.3, 0.4) is 0 Å². The number of nitrogens with one attached hydrogen (secondary N) is 1. The molecule has 1 saturated heterocycles. The Bertz CT molecular complexity index is 1140. The molecule has 0 bridgehead atoms. The molecule has 0 spiro atoms. The minimum atomic E-state index is -3.14. The number of carbonyl (C=O) groups is 2. The highest BCUT2D eigenvalue weighted by molar-refractivity contribution is 8.02. The highest BCUT2D eigenvalue weighted by atomic mass is 32.2. The van der Waals surface area contributed by atoms with E-state index >= 15 is 0 Å². The fourth-order valence-electron chi connectivity index (χ4n) is 4.19. The number of hydrogen-bond acceptors (Lipinski definition) is 8. The zero-order valence-electron chi connectivity index (χ0n) is 18.8. The van der Waals surface area contributed by atoms with E-state index < -0.39 is 12.8 Å². The summed E-state index contributed by atoms with van der Waals surface area (Å²) in [7, 11) is -3.14. The van der Waals surface area contributed by atoms with E-state index in [1.807, 2.05) is 25.1 Å². The monoisotopic (exact) mass is 503 g/mol. The van der Waals surface area contributed by atoms with Crippen molar-refractivity contribution in [2.75, 3.05) is 25.3 Å². The lowest BCUT2D eigenvalue weighted by Crippen LogP contribution is -2.28. The van der Waals surface area contributed by atoms with Crippen LogP contribution in [0.1, 0.15) is 41.3 Å². The van der Waals surface area contributed by atoms with Crippen molar-refractivity contribution in [2.45, 2.75) is 42.8 Å². The number of amides is 1. The Hall–Kier alpha value is -2.32. The zero-order valence-corrected chi connectivity index (χ0v) is 20.5. The summed E-state index contributed by atoms with van der Waals surface area (Å²) in [6.45, 7) is 2.83. The van der Waals surface area contributed by atoms with Crippen molar-refractivity contribution in [1.82, 2.24) is 0 Å². The molecule has 5 rings (SSSR count). The van der Waals surface area contributed by atoms with Gasteiger partial charge in [-0.2, -0.15) is 0 Å². The first-order chi connectivity index (χ1) is 16.4. The van der Waals surface area contributed by atoms with Crippen LogP contribution in [0.25, 0.3) is 0 Å². The number of ether oxygens (including phenoxy) is 2. The van der Waals surface area contributed by atoms with Crippen molar-refractivity contribution in [3.8, 4) is 11.5 Å². The summed E-state index contributed by atoms with van der Waals surface area (Å²) in [5, 5.41) is 2.14. The van der Waals surface area contributed by atoms with Crippen LogP contribution in [0, 0.1) is 0 Å². The number of rotatable bonds is 4. The van der Waals surface area contributed by atoms with Gasteiger partial charge in [-0.25, -0.2) is 0 Å². The molecule has 0 aromatic heterocycles. The molecule has 3 aliphatic heterocycles. The van der Waals surface area contributed by atoms with Crippen LogP contribution in [-0.4, -0.2) is 42.2 Å². The molecule has 1 N–H and O–H groups in total. The maximum Gasteiger partial charge on any atom is 0.335 e. The third-order valence-corrected chi connectivity index (χ3v) is 9.25. The molecular formula is C24H26NO7PS. The van der Waals surface area contributed by atoms with Gasteiger partial charge < -0.3 is 23.8 Å². The standard InChI is InChI=1S/C24H26NO7PS/c1-15-23(26)19-12-21-20(29-14-30-21)10-17(19)11-22(34-15)24(27)25-18-6-4-16(5-7-18)13-33(28)31-8-2-3-9-32-33/h4-7,10,12,15,22H,2-3,8-9,11,13-14H2,1H3,(H,25,27)/t15-,22+/m0/s1. The molecule has 3 aliphatic rings. The normalized spacial score (nSPS) is 23.5. The van der Waals surface area contributed by atoms with Gasteiger partial charge >= 0.3 is 7.60 Å². The third kappa shape index (κ3) is 5.03. The number of benzene rings is 2. The van der Waals surface area contributed by atoms with Crippen LogP contribution in [0.4, 0.5) is 5.69 Å². The molecule has 2 aromatic carbocycles. The largest absolute Gasteiger partial charge is 0.454 e. The summed E-state index contributed by atoms with van der Waals surface area (Å²) >= 11 is 1.35. The molecular weight excluding hydrogens is 477 g/mol. The molecule has 8 nitrogen and oxygen atoms in total. The predicted molar refractivity (Wildman–Crippen MR) is 129 cm³/mol. The van der Waals surface area contributed by atoms with Crippen LogP contribution in [0.5, 0.6) is 11.5 Å². The van der Waals surface area contributed by atoms with Crippen LogP contribution < -0.4 is 14.8 Å². The Morgan fingerprint density at radius 1 is 1.09 bits per heavy atom. The Kier molecular flexibility index (Phi) is 6.71. The van der Waals surface area contributed by atoms with E-state index in [-0.39, 0.29) is 29.9 Å². The highest BCUT2D eigenvalue weighted by Crippen LogP contribution is 2.52. The molecule has 1 amide bonds. The van der Waals surface area contributed by atoms with E-state index in [0.717, 1.165) is 24.0 Å². The lowest BCUT2D eigenvalue weighted by molar-refractivity contribution is -0.115. The van der Waals surface area contributed by atoms with E-state index in [4.69, 9.17) is 18.5 Å². The maximum absolute atomic E-state index is 13.1. The number of anilines is 1. The summed E-state index contributed by atoms with van der Waals surface area (Å²) in [5.41, 5.74) is 2.82. The van der Waals surface area contributed by atoms with Crippen LogP contribution in [0.15, 0.2) is 36.4 Å². The van der Waals surface area contributed by atoms with E-state index in [0.29, 0.717) is 42.4 Å². The molecule has 1 fully saturated rings. The molecule has 10 heteroatoms. The van der Waals surface area contributed by atoms with E-state index in [9.17, 15) is 14.2 Å². The third-order valence-electron chi connectivity index (χ3n) is 6.01. The summed E-state index contributed by atoms with van der Waals surface area (Å²) in [6.07, 6.45) is 2.29. The van der Waals surface area contributed by atoms with Gasteiger partial charge in [-0.05, 0) is 61.6 Å². The van der Waals surface area contributed by atoms with Gasteiger partial charge in [0, 0.05) is 11.3 Å². The molecule has 34 heavy (non-hydrogen) atoms. The van der Waals surface area contributed by atoms with E-state index in [2.05, 4.69) is 5.32 Å². The smallest absolute Gasteiger partial charge is 0.335 e. The van der Waals surface area contributed by atoms with Gasteiger partial charge in [0.2, 0.25) is 12.7 Å². The fourth-order valence-corrected chi connectivity index (χ4v) is 7.12. The predicted octanol–water partition coefficient (Wildman–Crippen LogP) is 4.80. The van der Waals surface area contributed by atoms with Crippen molar-refractivity contribution in [3.63, 3.8) is 0 Å². The molecule has 180 valence electrons. The summed E-state index contributed by atoms with van der Waals surface area (Å²) < 4.78 is 34.6. The van der Waals surface area contributed by atoms with Gasteiger partial charge in [0.25, 0.3) is 0 Å². The average Bonchev–Trinajstić information content (AvgIpc) is 3.11. The van der Waals surface area contributed by atoms with Crippen molar-refractivity contribution >= 4 is 36.7 Å². The number of Topliss-reactive ketones (excluding diaryl/α,β-unsaturated/α-hetero) is 1.